The lowest BCUT2D eigenvalue weighted by molar-refractivity contribution is -0.117. The van der Waals surface area contributed by atoms with E-state index in [1.54, 1.807) is 6.92 Å². The summed E-state index contributed by atoms with van der Waals surface area (Å²) >= 11 is 0. The monoisotopic (exact) mass is 192 g/mol. The minimum absolute atomic E-state index is 0.162. The third kappa shape index (κ3) is 3.21. The van der Waals surface area contributed by atoms with Gasteiger partial charge in [0.05, 0.1) is 6.61 Å². The maximum absolute atomic E-state index is 10.7. The van der Waals surface area contributed by atoms with Gasteiger partial charge in [0.25, 0.3) is 0 Å². The summed E-state index contributed by atoms with van der Waals surface area (Å²) in [4.78, 5) is 10.7. The molecular formula is C12H16O2. The van der Waals surface area contributed by atoms with Gasteiger partial charge in [0, 0.05) is 6.42 Å². The molecule has 0 atom stereocenters. The number of carbonyl (C=O) groups excluding carboxylic acids is 1. The van der Waals surface area contributed by atoms with Crippen LogP contribution in [0, 0.1) is 13.8 Å². The lowest BCUT2D eigenvalue weighted by Crippen LogP contribution is -2.03. The first-order valence-electron chi connectivity index (χ1n) is 4.79. The van der Waals surface area contributed by atoms with Crippen molar-refractivity contribution >= 4 is 5.78 Å². The van der Waals surface area contributed by atoms with E-state index in [4.69, 9.17) is 4.74 Å². The fraction of sp³-hybridized carbons (Fsp3) is 0.417. The second kappa shape index (κ2) is 4.80. The summed E-state index contributed by atoms with van der Waals surface area (Å²) in [5, 5.41) is 0. The molecule has 0 radical (unpaired) electrons. The van der Waals surface area contributed by atoms with E-state index in [-0.39, 0.29) is 5.78 Å². The topological polar surface area (TPSA) is 26.3 Å². The van der Waals surface area contributed by atoms with Gasteiger partial charge in [0.15, 0.2) is 0 Å². The van der Waals surface area contributed by atoms with Crippen LogP contribution in [0.1, 0.15) is 24.5 Å². The molecule has 76 valence electrons. The van der Waals surface area contributed by atoms with Crippen molar-refractivity contribution < 1.29 is 9.53 Å². The van der Waals surface area contributed by atoms with Crippen LogP contribution < -0.4 is 4.74 Å². The second-order valence-electron chi connectivity index (χ2n) is 3.57. The summed E-state index contributed by atoms with van der Waals surface area (Å²) in [5.74, 6) is 1.03. The first kappa shape index (κ1) is 10.8. The Hall–Kier alpha value is -1.31. The number of Topliss-reactive ketones (excluding diaryl/α,β-unsaturated/α-hetero) is 1. The summed E-state index contributed by atoms with van der Waals surface area (Å²) in [6.07, 6.45) is 0.479. The molecule has 0 bridgehead atoms. The number of aryl methyl sites for hydroxylation is 2. The zero-order chi connectivity index (χ0) is 10.6. The summed E-state index contributed by atoms with van der Waals surface area (Å²) in [5.41, 5.74) is 2.34. The van der Waals surface area contributed by atoms with Crippen molar-refractivity contribution in [1.82, 2.24) is 0 Å². The second-order valence-corrected chi connectivity index (χ2v) is 3.57. The van der Waals surface area contributed by atoms with Crippen LogP contribution in [0.4, 0.5) is 0 Å². The maximum atomic E-state index is 10.7. The Morgan fingerprint density at radius 3 is 2.64 bits per heavy atom. The molecule has 0 saturated heterocycles. The van der Waals surface area contributed by atoms with Crippen LogP contribution in [-0.2, 0) is 4.79 Å². The van der Waals surface area contributed by atoms with Crippen LogP contribution in [0.25, 0.3) is 0 Å². The maximum Gasteiger partial charge on any atom is 0.133 e. The first-order valence-corrected chi connectivity index (χ1v) is 4.79. The molecule has 0 aliphatic heterocycles. The van der Waals surface area contributed by atoms with Gasteiger partial charge >= 0.3 is 0 Å². The number of ketones is 1. The van der Waals surface area contributed by atoms with Crippen LogP contribution in [-0.4, -0.2) is 12.4 Å². The van der Waals surface area contributed by atoms with Crippen molar-refractivity contribution in [3.05, 3.63) is 29.3 Å². The van der Waals surface area contributed by atoms with Gasteiger partial charge in [-0.3, -0.25) is 4.79 Å². The van der Waals surface area contributed by atoms with E-state index in [1.807, 2.05) is 26.0 Å². The molecule has 0 unspecified atom stereocenters. The van der Waals surface area contributed by atoms with Gasteiger partial charge in [-0.25, -0.2) is 0 Å². The molecule has 14 heavy (non-hydrogen) atoms. The zero-order valence-corrected chi connectivity index (χ0v) is 8.96. The number of hydrogen-bond acceptors (Lipinski definition) is 2. The van der Waals surface area contributed by atoms with E-state index in [0.29, 0.717) is 13.0 Å². The average Bonchev–Trinajstić information content (AvgIpc) is 2.08. The van der Waals surface area contributed by atoms with Crippen LogP contribution >= 0.6 is 0 Å². The van der Waals surface area contributed by atoms with Crippen molar-refractivity contribution in [3.8, 4) is 5.75 Å². The minimum atomic E-state index is 0.162. The zero-order valence-electron chi connectivity index (χ0n) is 8.96. The van der Waals surface area contributed by atoms with Crippen molar-refractivity contribution in [2.24, 2.45) is 0 Å². The summed E-state index contributed by atoms with van der Waals surface area (Å²) in [6, 6.07) is 6.03. The Morgan fingerprint density at radius 1 is 1.36 bits per heavy atom. The highest BCUT2D eigenvalue weighted by molar-refractivity contribution is 5.75. The van der Waals surface area contributed by atoms with E-state index in [1.165, 1.54) is 5.56 Å². The molecule has 0 aliphatic carbocycles. The quantitative estimate of drug-likeness (QED) is 0.733. The molecule has 1 aromatic carbocycles. The Balaban J connectivity index is 2.55. The average molecular weight is 192 g/mol. The van der Waals surface area contributed by atoms with E-state index in [2.05, 4.69) is 6.07 Å². The smallest absolute Gasteiger partial charge is 0.133 e. The van der Waals surface area contributed by atoms with Crippen molar-refractivity contribution in [3.63, 3.8) is 0 Å². The molecule has 0 saturated carbocycles. The molecule has 0 fully saturated rings. The van der Waals surface area contributed by atoms with Gasteiger partial charge in [-0.2, -0.15) is 0 Å². The van der Waals surface area contributed by atoms with E-state index in [0.717, 1.165) is 11.3 Å². The van der Waals surface area contributed by atoms with Crippen molar-refractivity contribution in [2.45, 2.75) is 27.2 Å². The van der Waals surface area contributed by atoms with E-state index < -0.39 is 0 Å². The highest BCUT2D eigenvalue weighted by Gasteiger charge is 2.00. The van der Waals surface area contributed by atoms with Crippen LogP contribution in [0.15, 0.2) is 18.2 Å². The van der Waals surface area contributed by atoms with Crippen LogP contribution in [0.5, 0.6) is 5.75 Å². The normalized spacial score (nSPS) is 9.93. The third-order valence-electron chi connectivity index (χ3n) is 2.04. The molecule has 1 rings (SSSR count). The number of ether oxygens (including phenoxy) is 1. The molecule has 0 heterocycles. The van der Waals surface area contributed by atoms with Gasteiger partial charge in [0.1, 0.15) is 11.5 Å². The molecule has 2 heteroatoms. The van der Waals surface area contributed by atoms with Crippen molar-refractivity contribution in [2.75, 3.05) is 6.61 Å². The van der Waals surface area contributed by atoms with E-state index >= 15 is 0 Å². The SMILES string of the molecule is CC(=O)CCOc1ccc(C)cc1C. The number of benzene rings is 1. The highest BCUT2D eigenvalue weighted by atomic mass is 16.5. The molecule has 1 aromatic rings. The lowest BCUT2D eigenvalue weighted by atomic mass is 10.1. The Labute approximate surface area is 84.9 Å². The number of hydrogen-bond donors (Lipinski definition) is 0. The van der Waals surface area contributed by atoms with Crippen molar-refractivity contribution in [1.29, 1.82) is 0 Å². The predicted octanol–water partition coefficient (Wildman–Crippen LogP) is 2.66. The van der Waals surface area contributed by atoms with Gasteiger partial charge in [-0.1, -0.05) is 17.7 Å². The molecule has 0 spiro atoms. The third-order valence-corrected chi connectivity index (χ3v) is 2.04. The number of carbonyl (C=O) groups is 1. The largest absolute Gasteiger partial charge is 0.493 e. The molecule has 2 nitrogen and oxygen atoms in total. The Bertz CT molecular complexity index is 329. The summed E-state index contributed by atoms with van der Waals surface area (Å²) < 4.78 is 5.48. The Morgan fingerprint density at radius 2 is 2.07 bits per heavy atom. The van der Waals surface area contributed by atoms with Gasteiger partial charge < -0.3 is 4.74 Å². The van der Waals surface area contributed by atoms with E-state index in [9.17, 15) is 4.79 Å². The van der Waals surface area contributed by atoms with Gasteiger partial charge in [-0.05, 0) is 32.4 Å². The predicted molar refractivity (Wildman–Crippen MR) is 56.7 cm³/mol. The first-order chi connectivity index (χ1) is 6.59. The molecule has 0 aromatic heterocycles. The fourth-order valence-electron chi connectivity index (χ4n) is 1.27. The molecule has 0 aliphatic rings. The van der Waals surface area contributed by atoms with Gasteiger partial charge in [0.2, 0.25) is 0 Å². The lowest BCUT2D eigenvalue weighted by Gasteiger charge is -2.08. The standard InChI is InChI=1S/C12H16O2/c1-9-4-5-12(10(2)8-9)14-7-6-11(3)13/h4-5,8H,6-7H2,1-3H3. The number of rotatable bonds is 4. The van der Waals surface area contributed by atoms with Gasteiger partial charge in [-0.15, -0.1) is 0 Å². The Kier molecular flexibility index (Phi) is 3.69. The van der Waals surface area contributed by atoms with Crippen LogP contribution in [0.3, 0.4) is 0 Å². The highest BCUT2D eigenvalue weighted by Crippen LogP contribution is 2.18. The minimum Gasteiger partial charge on any atom is -0.493 e. The summed E-state index contributed by atoms with van der Waals surface area (Å²) in [6.45, 7) is 6.10. The molecule has 0 amide bonds. The fourth-order valence-corrected chi connectivity index (χ4v) is 1.27. The van der Waals surface area contributed by atoms with Crippen LogP contribution in [0.2, 0.25) is 0 Å². The summed E-state index contributed by atoms with van der Waals surface area (Å²) in [7, 11) is 0. The molecular weight excluding hydrogens is 176 g/mol. The molecule has 0 N–H and O–H groups in total.